The molecule has 0 fully saturated rings. The monoisotopic (exact) mass is 396 g/mol. The van der Waals surface area contributed by atoms with Crippen LogP contribution in [0.2, 0.25) is 0 Å². The molecule has 7 nitrogen and oxygen atoms in total. The molecule has 3 N–H and O–H groups in total. The number of thiocarbonyl (C=S) groups is 1. The summed E-state index contributed by atoms with van der Waals surface area (Å²) in [5, 5.41) is 22.5. The van der Waals surface area contributed by atoms with Gasteiger partial charge in [-0.25, -0.2) is 0 Å². The van der Waals surface area contributed by atoms with Crippen molar-refractivity contribution in [2.45, 2.75) is 26.3 Å². The van der Waals surface area contributed by atoms with Crippen LogP contribution in [0.4, 0.5) is 5.69 Å². The van der Waals surface area contributed by atoms with Gasteiger partial charge in [0.2, 0.25) is 17.8 Å². The number of ether oxygens (including phenoxy) is 2. The fraction of sp³-hybridized carbons (Fsp3) is 0.250. The van der Waals surface area contributed by atoms with Crippen LogP contribution in [0.5, 0.6) is 17.4 Å². The molecule has 144 valence electrons. The molecule has 2 aromatic carbocycles. The van der Waals surface area contributed by atoms with Crippen molar-refractivity contribution in [1.82, 2.24) is 10.3 Å². The van der Waals surface area contributed by atoms with Gasteiger partial charge in [-0.05, 0) is 53.5 Å². The predicted octanol–water partition coefficient (Wildman–Crippen LogP) is 4.88. The third-order valence-corrected chi connectivity index (χ3v) is 4.79. The first-order valence-corrected chi connectivity index (χ1v) is 9.35. The van der Waals surface area contributed by atoms with E-state index >= 15 is 0 Å². The number of rotatable bonds is 4. The van der Waals surface area contributed by atoms with E-state index in [1.165, 1.54) is 0 Å². The van der Waals surface area contributed by atoms with Gasteiger partial charge >= 0.3 is 0 Å². The van der Waals surface area contributed by atoms with E-state index in [0.717, 1.165) is 33.5 Å². The van der Waals surface area contributed by atoms with Gasteiger partial charge in [0, 0.05) is 11.9 Å². The smallest absolute Gasteiger partial charge is 0.231 e. The Kier molecular flexibility index (Phi) is 4.87. The molecule has 0 spiro atoms. The molecule has 1 aliphatic heterocycles. The van der Waals surface area contributed by atoms with E-state index in [1.54, 1.807) is 0 Å². The summed E-state index contributed by atoms with van der Waals surface area (Å²) in [6.45, 7) is 4.95. The Labute approximate surface area is 167 Å². The molecule has 4 rings (SSSR count). The molecule has 28 heavy (non-hydrogen) atoms. The number of aromatic amines is 1. The zero-order valence-electron chi connectivity index (χ0n) is 15.5. The van der Waals surface area contributed by atoms with Gasteiger partial charge in [-0.2, -0.15) is 0 Å². The summed E-state index contributed by atoms with van der Waals surface area (Å²) < 4.78 is 10.7. The van der Waals surface area contributed by atoms with E-state index in [1.807, 2.05) is 36.4 Å². The third-order valence-electron chi connectivity index (χ3n) is 4.56. The number of nitrogens with one attached hydrogen (secondary N) is 2. The first-order valence-electron chi connectivity index (χ1n) is 8.94. The molecule has 0 atom stereocenters. The van der Waals surface area contributed by atoms with Gasteiger partial charge in [-0.1, -0.05) is 26.0 Å². The van der Waals surface area contributed by atoms with Crippen molar-refractivity contribution < 1.29 is 14.6 Å². The number of fused-ring (bicyclic) bond motifs is 2. The zero-order valence-corrected chi connectivity index (χ0v) is 16.3. The van der Waals surface area contributed by atoms with Crippen LogP contribution in [-0.4, -0.2) is 22.0 Å². The first-order chi connectivity index (χ1) is 13.5. The highest BCUT2D eigenvalue weighted by molar-refractivity contribution is 7.80. The average molecular weight is 396 g/mol. The number of hydrogen-bond acceptors (Lipinski definition) is 5. The van der Waals surface area contributed by atoms with E-state index in [-0.39, 0.29) is 17.8 Å². The molecule has 0 aliphatic carbocycles. The Hall–Kier alpha value is -3.13. The second-order valence-electron chi connectivity index (χ2n) is 6.83. The molecular weight excluding hydrogens is 376 g/mol. The SMILES string of the molecule is CC(C)c1ccc2[nH]c(O)c(N=NC(=S)NCc3ccc4c(c3)OCO4)c2c1. The molecule has 0 unspecified atom stereocenters. The highest BCUT2D eigenvalue weighted by Gasteiger charge is 2.14. The molecule has 1 aromatic heterocycles. The summed E-state index contributed by atoms with van der Waals surface area (Å²) in [5.41, 5.74) is 3.32. The summed E-state index contributed by atoms with van der Waals surface area (Å²) in [6, 6.07) is 11.7. The Morgan fingerprint density at radius 2 is 2.04 bits per heavy atom. The minimum atomic E-state index is -0.0294. The van der Waals surface area contributed by atoms with Crippen molar-refractivity contribution in [1.29, 1.82) is 0 Å². The van der Waals surface area contributed by atoms with E-state index in [2.05, 4.69) is 34.4 Å². The number of aromatic nitrogens is 1. The molecule has 0 bridgehead atoms. The van der Waals surface area contributed by atoms with Crippen LogP contribution in [0.3, 0.4) is 0 Å². The molecule has 8 heteroatoms. The predicted molar refractivity (Wildman–Crippen MR) is 111 cm³/mol. The number of benzene rings is 2. The Morgan fingerprint density at radius 1 is 1.21 bits per heavy atom. The molecule has 1 aliphatic rings. The van der Waals surface area contributed by atoms with Crippen LogP contribution in [-0.2, 0) is 6.54 Å². The highest BCUT2D eigenvalue weighted by Crippen LogP contribution is 2.37. The van der Waals surface area contributed by atoms with Crippen LogP contribution in [0.25, 0.3) is 10.9 Å². The lowest BCUT2D eigenvalue weighted by molar-refractivity contribution is 0.174. The second-order valence-corrected chi connectivity index (χ2v) is 7.21. The fourth-order valence-electron chi connectivity index (χ4n) is 3.00. The maximum Gasteiger partial charge on any atom is 0.231 e. The Morgan fingerprint density at radius 3 is 2.86 bits per heavy atom. The van der Waals surface area contributed by atoms with Crippen LogP contribution >= 0.6 is 12.2 Å². The largest absolute Gasteiger partial charge is 0.493 e. The lowest BCUT2D eigenvalue weighted by Gasteiger charge is -2.05. The maximum atomic E-state index is 10.2. The number of H-pyrrole nitrogens is 1. The van der Waals surface area contributed by atoms with Crippen LogP contribution in [0.15, 0.2) is 46.6 Å². The van der Waals surface area contributed by atoms with Gasteiger partial charge < -0.3 is 24.9 Å². The minimum Gasteiger partial charge on any atom is -0.493 e. The van der Waals surface area contributed by atoms with Crippen molar-refractivity contribution in [2.75, 3.05) is 6.79 Å². The normalized spacial score (nSPS) is 13.0. The third kappa shape index (κ3) is 3.63. The molecule has 0 radical (unpaired) electrons. The summed E-state index contributed by atoms with van der Waals surface area (Å²) in [7, 11) is 0. The molecule has 0 saturated carbocycles. The highest BCUT2D eigenvalue weighted by atomic mass is 32.1. The van der Waals surface area contributed by atoms with Crippen molar-refractivity contribution in [3.63, 3.8) is 0 Å². The molecular formula is C20H20N4O3S. The Balaban J connectivity index is 1.47. The average Bonchev–Trinajstić information content (AvgIpc) is 3.27. The van der Waals surface area contributed by atoms with E-state index < -0.39 is 0 Å². The summed E-state index contributed by atoms with van der Waals surface area (Å²) >= 11 is 5.24. The zero-order chi connectivity index (χ0) is 19.7. The quantitative estimate of drug-likeness (QED) is 0.432. The van der Waals surface area contributed by atoms with Gasteiger partial charge in [-0.15, -0.1) is 10.2 Å². The van der Waals surface area contributed by atoms with Gasteiger partial charge in [-0.3, -0.25) is 0 Å². The number of nitrogens with zero attached hydrogens (tertiary/aromatic N) is 2. The topological polar surface area (TPSA) is 91.2 Å². The fourth-order valence-corrected chi connectivity index (χ4v) is 3.11. The molecule has 0 amide bonds. The summed E-state index contributed by atoms with van der Waals surface area (Å²) in [6.07, 6.45) is 0. The van der Waals surface area contributed by atoms with Gasteiger partial charge in [0.25, 0.3) is 0 Å². The number of aromatic hydroxyl groups is 1. The second kappa shape index (κ2) is 7.47. The van der Waals surface area contributed by atoms with Gasteiger partial charge in [0.1, 0.15) is 0 Å². The van der Waals surface area contributed by atoms with E-state index in [0.29, 0.717) is 18.2 Å². The number of azo groups is 1. The van der Waals surface area contributed by atoms with Crippen LogP contribution in [0.1, 0.15) is 30.9 Å². The van der Waals surface area contributed by atoms with Crippen molar-refractivity contribution in [3.05, 3.63) is 47.5 Å². The number of hydrogen-bond donors (Lipinski definition) is 3. The van der Waals surface area contributed by atoms with Crippen molar-refractivity contribution in [3.8, 4) is 17.4 Å². The van der Waals surface area contributed by atoms with Crippen molar-refractivity contribution >= 4 is 33.9 Å². The van der Waals surface area contributed by atoms with Crippen LogP contribution < -0.4 is 14.8 Å². The maximum absolute atomic E-state index is 10.2. The molecule has 0 saturated heterocycles. The first kappa shape index (κ1) is 18.2. The standard InChI is InChI=1S/C20H20N4O3S/c1-11(2)13-4-5-15-14(8-13)18(19(25)22-15)23-24-20(28)21-9-12-3-6-16-17(7-12)27-10-26-16/h3-8,11,22,25H,9-10H2,1-2H3,(H,21,28). The lowest BCUT2D eigenvalue weighted by atomic mass is 10.0. The molecule has 3 aromatic rings. The van der Waals surface area contributed by atoms with Gasteiger partial charge in [0.05, 0.1) is 5.52 Å². The van der Waals surface area contributed by atoms with E-state index in [9.17, 15) is 5.11 Å². The van der Waals surface area contributed by atoms with E-state index in [4.69, 9.17) is 21.7 Å². The summed E-state index contributed by atoms with van der Waals surface area (Å²) in [4.78, 5) is 2.91. The lowest BCUT2D eigenvalue weighted by Crippen LogP contribution is -2.18. The van der Waals surface area contributed by atoms with Crippen molar-refractivity contribution in [2.24, 2.45) is 10.2 Å². The molecule has 2 heterocycles. The summed E-state index contributed by atoms with van der Waals surface area (Å²) in [5.74, 6) is 1.80. The Bertz CT molecular complexity index is 1070. The minimum absolute atomic E-state index is 0.0294. The van der Waals surface area contributed by atoms with Crippen LogP contribution in [0, 0.1) is 0 Å². The van der Waals surface area contributed by atoms with Gasteiger partial charge in [0.15, 0.2) is 17.2 Å².